The molecular weight excluding hydrogens is 188 g/mol. The highest BCUT2D eigenvalue weighted by Crippen LogP contribution is 2.22. The van der Waals surface area contributed by atoms with E-state index in [1.807, 2.05) is 38.1 Å². The Balaban J connectivity index is 2.33. The highest BCUT2D eigenvalue weighted by atomic mass is 16.3. The molecule has 0 radical (unpaired) electrons. The topological polar surface area (TPSA) is 52.0 Å². The Kier molecular flexibility index (Phi) is 2.32. The third-order valence-corrected chi connectivity index (χ3v) is 2.36. The molecule has 15 heavy (non-hydrogen) atoms. The number of hydrogen-bond donors (Lipinski definition) is 1. The van der Waals surface area contributed by atoms with Crippen LogP contribution < -0.4 is 5.73 Å². The second-order valence-corrected chi connectivity index (χ2v) is 4.17. The standard InChI is InChI=1S/C12H14N2O/c1-12(2,13)10-5-3-9(4-6-10)11-7-15-8-14-11/h3-8H,13H2,1-2H3. The number of hydrogen-bond acceptors (Lipinski definition) is 3. The summed E-state index contributed by atoms with van der Waals surface area (Å²) in [6.45, 7) is 3.97. The van der Waals surface area contributed by atoms with Gasteiger partial charge in [-0.2, -0.15) is 0 Å². The summed E-state index contributed by atoms with van der Waals surface area (Å²) in [5, 5.41) is 0. The molecule has 1 aromatic heterocycles. The molecule has 0 bridgehead atoms. The molecule has 1 aromatic carbocycles. The zero-order valence-corrected chi connectivity index (χ0v) is 8.90. The van der Waals surface area contributed by atoms with Crippen LogP contribution in [-0.2, 0) is 5.54 Å². The maximum atomic E-state index is 5.99. The van der Waals surface area contributed by atoms with Gasteiger partial charge in [0.1, 0.15) is 12.0 Å². The Morgan fingerprint density at radius 2 is 1.87 bits per heavy atom. The summed E-state index contributed by atoms with van der Waals surface area (Å²) in [7, 11) is 0. The van der Waals surface area contributed by atoms with E-state index in [2.05, 4.69) is 4.98 Å². The van der Waals surface area contributed by atoms with Gasteiger partial charge in [0.2, 0.25) is 0 Å². The van der Waals surface area contributed by atoms with Crippen LogP contribution in [0.25, 0.3) is 11.3 Å². The summed E-state index contributed by atoms with van der Waals surface area (Å²) in [4.78, 5) is 4.08. The number of benzene rings is 1. The molecule has 2 rings (SSSR count). The van der Waals surface area contributed by atoms with Crippen LogP contribution in [0.4, 0.5) is 0 Å². The molecule has 3 nitrogen and oxygen atoms in total. The summed E-state index contributed by atoms with van der Waals surface area (Å²) in [5.74, 6) is 0. The summed E-state index contributed by atoms with van der Waals surface area (Å²) >= 11 is 0. The van der Waals surface area contributed by atoms with E-state index in [0.29, 0.717) is 0 Å². The monoisotopic (exact) mass is 202 g/mol. The van der Waals surface area contributed by atoms with Gasteiger partial charge in [-0.1, -0.05) is 24.3 Å². The molecule has 0 saturated carbocycles. The maximum Gasteiger partial charge on any atom is 0.181 e. The first-order valence-electron chi connectivity index (χ1n) is 4.85. The number of oxazole rings is 1. The van der Waals surface area contributed by atoms with Crippen LogP contribution in [0.1, 0.15) is 19.4 Å². The van der Waals surface area contributed by atoms with E-state index in [1.165, 1.54) is 6.39 Å². The van der Waals surface area contributed by atoms with Gasteiger partial charge in [0.25, 0.3) is 0 Å². The molecular formula is C12H14N2O. The number of nitrogens with two attached hydrogens (primary N) is 1. The zero-order chi connectivity index (χ0) is 10.9. The largest absolute Gasteiger partial charge is 0.451 e. The molecule has 1 heterocycles. The Labute approximate surface area is 88.9 Å². The molecule has 78 valence electrons. The van der Waals surface area contributed by atoms with Crippen molar-refractivity contribution < 1.29 is 4.42 Å². The fourth-order valence-corrected chi connectivity index (χ4v) is 1.43. The SMILES string of the molecule is CC(C)(N)c1ccc(-c2cocn2)cc1. The third kappa shape index (κ3) is 2.07. The first-order chi connectivity index (χ1) is 7.07. The fraction of sp³-hybridized carbons (Fsp3) is 0.250. The average Bonchev–Trinajstić information content (AvgIpc) is 2.69. The van der Waals surface area contributed by atoms with Crippen LogP contribution >= 0.6 is 0 Å². The first-order valence-corrected chi connectivity index (χ1v) is 4.85. The summed E-state index contributed by atoms with van der Waals surface area (Å²) < 4.78 is 4.93. The van der Waals surface area contributed by atoms with Crippen molar-refractivity contribution >= 4 is 0 Å². The Morgan fingerprint density at radius 1 is 1.20 bits per heavy atom. The lowest BCUT2D eigenvalue weighted by Gasteiger charge is -2.19. The van der Waals surface area contributed by atoms with Crippen molar-refractivity contribution in [1.82, 2.24) is 4.98 Å². The van der Waals surface area contributed by atoms with Gasteiger partial charge < -0.3 is 10.2 Å². The average molecular weight is 202 g/mol. The van der Waals surface area contributed by atoms with Crippen LogP contribution in [0.15, 0.2) is 41.3 Å². The van der Waals surface area contributed by atoms with Crippen molar-refractivity contribution in [3.8, 4) is 11.3 Å². The highest BCUT2D eigenvalue weighted by Gasteiger charge is 2.13. The van der Waals surface area contributed by atoms with E-state index >= 15 is 0 Å². The van der Waals surface area contributed by atoms with E-state index in [1.54, 1.807) is 6.26 Å². The summed E-state index contributed by atoms with van der Waals surface area (Å²) in [6, 6.07) is 8.04. The van der Waals surface area contributed by atoms with Gasteiger partial charge in [0.05, 0.1) is 0 Å². The molecule has 3 heteroatoms. The normalized spacial score (nSPS) is 11.7. The van der Waals surface area contributed by atoms with Crippen LogP contribution in [0, 0.1) is 0 Å². The van der Waals surface area contributed by atoms with Gasteiger partial charge in [-0.3, -0.25) is 0 Å². The molecule has 0 unspecified atom stereocenters. The second-order valence-electron chi connectivity index (χ2n) is 4.17. The Hall–Kier alpha value is -1.61. The van der Waals surface area contributed by atoms with Gasteiger partial charge in [0.15, 0.2) is 6.39 Å². The molecule has 0 fully saturated rings. The van der Waals surface area contributed by atoms with Crippen LogP contribution in [-0.4, -0.2) is 4.98 Å². The molecule has 0 aliphatic carbocycles. The lowest BCUT2D eigenvalue weighted by atomic mass is 9.94. The van der Waals surface area contributed by atoms with Crippen molar-refractivity contribution in [2.24, 2.45) is 5.73 Å². The van der Waals surface area contributed by atoms with E-state index in [0.717, 1.165) is 16.8 Å². The molecule has 0 spiro atoms. The van der Waals surface area contributed by atoms with E-state index in [9.17, 15) is 0 Å². The molecule has 0 aliphatic heterocycles. The Bertz CT molecular complexity index is 424. The van der Waals surface area contributed by atoms with Crippen molar-refractivity contribution in [2.45, 2.75) is 19.4 Å². The lowest BCUT2D eigenvalue weighted by molar-refractivity contribution is 0.554. The number of rotatable bonds is 2. The predicted octanol–water partition coefficient (Wildman–Crippen LogP) is 2.54. The van der Waals surface area contributed by atoms with E-state index in [4.69, 9.17) is 10.2 Å². The molecule has 0 saturated heterocycles. The van der Waals surface area contributed by atoms with Crippen LogP contribution in [0.3, 0.4) is 0 Å². The molecule has 0 aliphatic rings. The molecule has 0 atom stereocenters. The van der Waals surface area contributed by atoms with Crippen molar-refractivity contribution in [3.63, 3.8) is 0 Å². The van der Waals surface area contributed by atoms with Gasteiger partial charge >= 0.3 is 0 Å². The van der Waals surface area contributed by atoms with Gasteiger partial charge in [-0.25, -0.2) is 4.98 Å². The minimum atomic E-state index is -0.303. The Morgan fingerprint density at radius 3 is 2.33 bits per heavy atom. The van der Waals surface area contributed by atoms with Gasteiger partial charge in [-0.05, 0) is 19.4 Å². The number of aromatic nitrogens is 1. The minimum Gasteiger partial charge on any atom is -0.451 e. The second kappa shape index (κ2) is 3.51. The van der Waals surface area contributed by atoms with Gasteiger partial charge in [-0.15, -0.1) is 0 Å². The van der Waals surface area contributed by atoms with Crippen LogP contribution in [0.5, 0.6) is 0 Å². The van der Waals surface area contributed by atoms with Crippen LogP contribution in [0.2, 0.25) is 0 Å². The maximum absolute atomic E-state index is 5.99. The quantitative estimate of drug-likeness (QED) is 0.814. The van der Waals surface area contributed by atoms with Gasteiger partial charge in [0, 0.05) is 11.1 Å². The smallest absolute Gasteiger partial charge is 0.181 e. The highest BCUT2D eigenvalue weighted by molar-refractivity contribution is 5.58. The summed E-state index contributed by atoms with van der Waals surface area (Å²) in [6.07, 6.45) is 3.05. The van der Waals surface area contributed by atoms with Crippen molar-refractivity contribution in [3.05, 3.63) is 42.5 Å². The van der Waals surface area contributed by atoms with E-state index < -0.39 is 0 Å². The lowest BCUT2D eigenvalue weighted by Crippen LogP contribution is -2.28. The minimum absolute atomic E-state index is 0.303. The molecule has 0 amide bonds. The molecule has 2 N–H and O–H groups in total. The van der Waals surface area contributed by atoms with Crippen molar-refractivity contribution in [2.75, 3.05) is 0 Å². The zero-order valence-electron chi connectivity index (χ0n) is 8.90. The summed E-state index contributed by atoms with van der Waals surface area (Å²) in [5.41, 5.74) is 8.68. The molecule has 2 aromatic rings. The third-order valence-electron chi connectivity index (χ3n) is 2.36. The number of nitrogens with zero attached hydrogens (tertiary/aromatic N) is 1. The fourth-order valence-electron chi connectivity index (χ4n) is 1.43. The van der Waals surface area contributed by atoms with Crippen molar-refractivity contribution in [1.29, 1.82) is 0 Å². The first kappa shape index (κ1) is 9.93. The predicted molar refractivity (Wildman–Crippen MR) is 59.2 cm³/mol. The van der Waals surface area contributed by atoms with E-state index in [-0.39, 0.29) is 5.54 Å².